The predicted molar refractivity (Wildman–Crippen MR) is 68.9 cm³/mol. The van der Waals surface area contributed by atoms with E-state index in [1.807, 2.05) is 25.1 Å². The molecule has 78 valence electrons. The highest BCUT2D eigenvalue weighted by molar-refractivity contribution is 14.1. The summed E-state index contributed by atoms with van der Waals surface area (Å²) in [6.07, 6.45) is 1.65. The van der Waals surface area contributed by atoms with Gasteiger partial charge in [0, 0.05) is 14.2 Å². The lowest BCUT2D eigenvalue weighted by Crippen LogP contribution is -1.86. The molecular formula is C10H9IN2OS. The molecule has 15 heavy (non-hydrogen) atoms. The maximum Gasteiger partial charge on any atom is 0.260 e. The third-order valence-corrected chi connectivity index (χ3v) is 3.95. The summed E-state index contributed by atoms with van der Waals surface area (Å²) in [5.74, 6) is 0. The normalized spacial score (nSPS) is 10.5. The Morgan fingerprint density at radius 1 is 1.47 bits per heavy atom. The Hall–Kier alpha value is -0.690. The van der Waals surface area contributed by atoms with Crippen LogP contribution < -0.4 is 5.73 Å². The van der Waals surface area contributed by atoms with Crippen molar-refractivity contribution in [3.05, 3.63) is 33.7 Å². The summed E-state index contributed by atoms with van der Waals surface area (Å²) in [6.45, 7) is 1.90. The second kappa shape index (κ2) is 4.44. The van der Waals surface area contributed by atoms with Gasteiger partial charge in [0.05, 0.1) is 5.69 Å². The fourth-order valence-electron chi connectivity index (χ4n) is 1.07. The van der Waals surface area contributed by atoms with Gasteiger partial charge in [-0.25, -0.2) is 4.98 Å². The fourth-order valence-corrected chi connectivity index (χ4v) is 2.71. The number of rotatable bonds is 2. The van der Waals surface area contributed by atoms with Gasteiger partial charge in [0.1, 0.15) is 6.26 Å². The minimum Gasteiger partial charge on any atom is -0.439 e. The highest BCUT2D eigenvalue weighted by Crippen LogP contribution is 2.31. The highest BCUT2D eigenvalue weighted by Gasteiger charge is 2.06. The van der Waals surface area contributed by atoms with Gasteiger partial charge in [0.2, 0.25) is 0 Å². The van der Waals surface area contributed by atoms with Gasteiger partial charge in [0.25, 0.3) is 5.22 Å². The quantitative estimate of drug-likeness (QED) is 0.677. The number of aromatic nitrogens is 1. The Labute approximate surface area is 106 Å². The summed E-state index contributed by atoms with van der Waals surface area (Å²) in [5, 5.41) is 0.662. The standard InChI is InChI=1S/C10H9IN2OS/c1-6-5-14-10(13-6)15-9-3-2-7(12)4-8(9)11/h2-5H,12H2,1H3. The molecule has 0 aliphatic carbocycles. The van der Waals surface area contributed by atoms with Crippen molar-refractivity contribution >= 4 is 40.0 Å². The number of benzene rings is 1. The SMILES string of the molecule is Cc1coc(Sc2ccc(N)cc2I)n1. The number of oxazole rings is 1. The number of halogens is 1. The molecule has 0 atom stereocenters. The van der Waals surface area contributed by atoms with Crippen LogP contribution in [0.5, 0.6) is 0 Å². The van der Waals surface area contributed by atoms with Gasteiger partial charge in [-0.2, -0.15) is 0 Å². The zero-order valence-electron chi connectivity index (χ0n) is 8.03. The van der Waals surface area contributed by atoms with Crippen LogP contribution in [0.1, 0.15) is 5.69 Å². The van der Waals surface area contributed by atoms with Gasteiger partial charge in [0.15, 0.2) is 0 Å². The van der Waals surface area contributed by atoms with Crippen LogP contribution in [-0.4, -0.2) is 4.98 Å². The molecule has 0 saturated heterocycles. The van der Waals surface area contributed by atoms with Crippen LogP contribution in [0.4, 0.5) is 5.69 Å². The van der Waals surface area contributed by atoms with Crippen LogP contribution in [0, 0.1) is 10.5 Å². The van der Waals surface area contributed by atoms with Crippen LogP contribution in [0.15, 0.2) is 39.0 Å². The smallest absolute Gasteiger partial charge is 0.260 e. The summed E-state index contributed by atoms with van der Waals surface area (Å²) in [4.78, 5) is 5.33. The molecule has 0 unspecified atom stereocenters. The van der Waals surface area contributed by atoms with Gasteiger partial charge >= 0.3 is 0 Å². The van der Waals surface area contributed by atoms with Crippen LogP contribution >= 0.6 is 34.4 Å². The lowest BCUT2D eigenvalue weighted by Gasteiger charge is -2.01. The molecule has 0 saturated carbocycles. The monoisotopic (exact) mass is 332 g/mol. The molecule has 0 spiro atoms. The number of nitrogens with two attached hydrogens (primary N) is 1. The van der Waals surface area contributed by atoms with Crippen LogP contribution in [-0.2, 0) is 0 Å². The van der Waals surface area contributed by atoms with Gasteiger partial charge in [-0.05, 0) is 59.5 Å². The van der Waals surface area contributed by atoms with Crippen molar-refractivity contribution in [1.82, 2.24) is 4.98 Å². The van der Waals surface area contributed by atoms with E-state index in [0.717, 1.165) is 19.8 Å². The fraction of sp³-hybridized carbons (Fsp3) is 0.100. The lowest BCUT2D eigenvalue weighted by molar-refractivity contribution is 0.454. The van der Waals surface area contributed by atoms with E-state index in [1.165, 1.54) is 11.8 Å². The first-order valence-corrected chi connectivity index (χ1v) is 6.19. The Morgan fingerprint density at radius 2 is 2.27 bits per heavy atom. The first-order valence-electron chi connectivity index (χ1n) is 4.30. The number of nitrogen functional groups attached to an aromatic ring is 1. The molecule has 2 aromatic rings. The molecule has 0 amide bonds. The van der Waals surface area contributed by atoms with Crippen LogP contribution in [0.2, 0.25) is 0 Å². The second-order valence-electron chi connectivity index (χ2n) is 3.05. The van der Waals surface area contributed by atoms with Crippen molar-refractivity contribution in [1.29, 1.82) is 0 Å². The topological polar surface area (TPSA) is 52.0 Å². The third-order valence-electron chi connectivity index (χ3n) is 1.75. The van der Waals surface area contributed by atoms with E-state index in [2.05, 4.69) is 27.6 Å². The van der Waals surface area contributed by atoms with Crippen molar-refractivity contribution in [3.63, 3.8) is 0 Å². The summed E-state index contributed by atoms with van der Waals surface area (Å²) in [7, 11) is 0. The molecule has 2 rings (SSSR count). The minimum atomic E-state index is 0.662. The molecule has 2 N–H and O–H groups in total. The van der Waals surface area contributed by atoms with Gasteiger partial charge in [-0.1, -0.05) is 0 Å². The molecule has 0 aliphatic rings. The first-order chi connectivity index (χ1) is 7.15. The first kappa shape index (κ1) is 10.8. The van der Waals surface area contributed by atoms with Crippen molar-refractivity contribution in [3.8, 4) is 0 Å². The Kier molecular flexibility index (Phi) is 3.20. The molecule has 0 radical (unpaired) electrons. The van der Waals surface area contributed by atoms with Gasteiger partial charge in [-0.3, -0.25) is 0 Å². The van der Waals surface area contributed by atoms with E-state index in [0.29, 0.717) is 5.22 Å². The second-order valence-corrected chi connectivity index (χ2v) is 5.20. The van der Waals surface area contributed by atoms with Crippen molar-refractivity contribution in [2.45, 2.75) is 17.0 Å². The van der Waals surface area contributed by atoms with Gasteiger partial charge < -0.3 is 10.2 Å². The van der Waals surface area contributed by atoms with Crippen molar-refractivity contribution in [2.75, 3.05) is 5.73 Å². The van der Waals surface area contributed by atoms with E-state index in [-0.39, 0.29) is 0 Å². The lowest BCUT2D eigenvalue weighted by atomic mass is 10.3. The summed E-state index contributed by atoms with van der Waals surface area (Å²) in [6, 6.07) is 5.78. The molecule has 1 aromatic carbocycles. The molecule has 5 heteroatoms. The number of anilines is 1. The average Bonchev–Trinajstić information content (AvgIpc) is 2.56. The average molecular weight is 332 g/mol. The van der Waals surface area contributed by atoms with Crippen molar-refractivity contribution < 1.29 is 4.42 Å². The summed E-state index contributed by atoms with van der Waals surface area (Å²) < 4.78 is 6.38. The van der Waals surface area contributed by atoms with E-state index in [9.17, 15) is 0 Å². The largest absolute Gasteiger partial charge is 0.439 e. The molecule has 0 bridgehead atoms. The Balaban J connectivity index is 2.24. The van der Waals surface area contributed by atoms with Crippen LogP contribution in [0.25, 0.3) is 0 Å². The number of aryl methyl sites for hydroxylation is 1. The summed E-state index contributed by atoms with van der Waals surface area (Å²) >= 11 is 3.75. The predicted octanol–water partition coefficient (Wildman–Crippen LogP) is 3.32. The van der Waals surface area contributed by atoms with E-state index < -0.39 is 0 Å². The zero-order valence-corrected chi connectivity index (χ0v) is 11.0. The Bertz CT molecular complexity index is 484. The molecule has 1 heterocycles. The summed E-state index contributed by atoms with van der Waals surface area (Å²) in [5.41, 5.74) is 7.33. The number of hydrogen-bond donors (Lipinski definition) is 1. The number of nitrogens with zero attached hydrogens (tertiary/aromatic N) is 1. The van der Waals surface area contributed by atoms with Crippen LogP contribution in [0.3, 0.4) is 0 Å². The highest BCUT2D eigenvalue weighted by atomic mass is 127. The molecular weight excluding hydrogens is 323 g/mol. The molecule has 0 fully saturated rings. The van der Waals surface area contributed by atoms with E-state index in [4.69, 9.17) is 10.2 Å². The van der Waals surface area contributed by atoms with Crippen molar-refractivity contribution in [2.24, 2.45) is 0 Å². The molecule has 1 aromatic heterocycles. The maximum absolute atomic E-state index is 5.67. The number of hydrogen-bond acceptors (Lipinski definition) is 4. The van der Waals surface area contributed by atoms with E-state index >= 15 is 0 Å². The third kappa shape index (κ3) is 2.66. The van der Waals surface area contributed by atoms with E-state index in [1.54, 1.807) is 6.26 Å². The Morgan fingerprint density at radius 3 is 2.87 bits per heavy atom. The zero-order chi connectivity index (χ0) is 10.8. The molecule has 0 aliphatic heterocycles. The maximum atomic E-state index is 5.67. The van der Waals surface area contributed by atoms with Gasteiger partial charge in [-0.15, -0.1) is 0 Å². The molecule has 3 nitrogen and oxygen atoms in total. The minimum absolute atomic E-state index is 0.662.